The number of hydrogen-bond donors (Lipinski definition) is 1. The molecule has 1 rings (SSSR count). The zero-order chi connectivity index (χ0) is 11.3. The molecule has 0 fully saturated rings. The molecule has 1 nitrogen and oxygen atoms in total. The minimum Gasteiger partial charge on any atom is -0.324 e. The summed E-state index contributed by atoms with van der Waals surface area (Å²) in [5.74, 6) is -1.09. The number of halogens is 3. The van der Waals surface area contributed by atoms with Crippen LogP contribution in [0.1, 0.15) is 44.2 Å². The Morgan fingerprint density at radius 1 is 1.19 bits per heavy atom. The minimum atomic E-state index is -0.543. The molecule has 2 N–H and O–H groups in total. The first kappa shape index (κ1) is 15.3. The van der Waals surface area contributed by atoms with Gasteiger partial charge in [-0.3, -0.25) is 0 Å². The van der Waals surface area contributed by atoms with Crippen LogP contribution in [-0.2, 0) is 0 Å². The second kappa shape index (κ2) is 7.58. The molecule has 0 spiro atoms. The summed E-state index contributed by atoms with van der Waals surface area (Å²) in [6.45, 7) is 2.08. The van der Waals surface area contributed by atoms with E-state index in [0.29, 0.717) is 6.42 Å². The van der Waals surface area contributed by atoms with Crippen molar-refractivity contribution in [2.75, 3.05) is 0 Å². The number of hydrogen-bond acceptors (Lipinski definition) is 1. The van der Waals surface area contributed by atoms with Gasteiger partial charge in [0.2, 0.25) is 0 Å². The Morgan fingerprint density at radius 2 is 1.75 bits per heavy atom. The molecule has 92 valence electrons. The summed E-state index contributed by atoms with van der Waals surface area (Å²) in [6, 6.07) is 3.32. The molecule has 0 heterocycles. The summed E-state index contributed by atoms with van der Waals surface area (Å²) in [4.78, 5) is 0. The SMILES string of the molecule is CCCCC[C@H](N)c1c(F)cccc1F.Cl. The molecule has 0 aliphatic carbocycles. The molecule has 0 amide bonds. The first-order chi connectivity index (χ1) is 7.16. The highest BCUT2D eigenvalue weighted by Crippen LogP contribution is 2.22. The van der Waals surface area contributed by atoms with Crippen LogP contribution >= 0.6 is 12.4 Å². The van der Waals surface area contributed by atoms with Crippen molar-refractivity contribution in [3.63, 3.8) is 0 Å². The molecule has 0 bridgehead atoms. The molecule has 1 aromatic rings. The van der Waals surface area contributed by atoms with Crippen molar-refractivity contribution in [1.29, 1.82) is 0 Å². The molecular weight excluding hydrogens is 232 g/mol. The van der Waals surface area contributed by atoms with Gasteiger partial charge in [0.15, 0.2) is 0 Å². The predicted molar refractivity (Wildman–Crippen MR) is 64.7 cm³/mol. The van der Waals surface area contributed by atoms with Gasteiger partial charge in [0.25, 0.3) is 0 Å². The smallest absolute Gasteiger partial charge is 0.130 e. The van der Waals surface area contributed by atoms with Crippen LogP contribution < -0.4 is 5.73 Å². The van der Waals surface area contributed by atoms with Crippen LogP contribution in [0.2, 0.25) is 0 Å². The minimum absolute atomic E-state index is 0. The Morgan fingerprint density at radius 3 is 2.25 bits per heavy atom. The van der Waals surface area contributed by atoms with Gasteiger partial charge in [0.05, 0.1) is 0 Å². The first-order valence-electron chi connectivity index (χ1n) is 5.36. The summed E-state index contributed by atoms with van der Waals surface area (Å²) in [5.41, 5.74) is 5.78. The van der Waals surface area contributed by atoms with Gasteiger partial charge >= 0.3 is 0 Å². The van der Waals surface area contributed by atoms with E-state index >= 15 is 0 Å². The molecule has 0 unspecified atom stereocenters. The van der Waals surface area contributed by atoms with Gasteiger partial charge in [0, 0.05) is 11.6 Å². The van der Waals surface area contributed by atoms with Gasteiger partial charge in [-0.25, -0.2) is 8.78 Å². The van der Waals surface area contributed by atoms with Crippen molar-refractivity contribution in [1.82, 2.24) is 0 Å². The van der Waals surface area contributed by atoms with Gasteiger partial charge in [-0.15, -0.1) is 12.4 Å². The first-order valence-corrected chi connectivity index (χ1v) is 5.36. The van der Waals surface area contributed by atoms with Gasteiger partial charge in [-0.05, 0) is 18.6 Å². The fourth-order valence-electron chi connectivity index (χ4n) is 1.62. The molecular formula is C12H18ClF2N. The molecule has 0 saturated carbocycles. The van der Waals surface area contributed by atoms with Crippen LogP contribution in [-0.4, -0.2) is 0 Å². The zero-order valence-corrected chi connectivity index (χ0v) is 10.2. The monoisotopic (exact) mass is 249 g/mol. The van der Waals surface area contributed by atoms with Crippen LogP contribution in [0, 0.1) is 11.6 Å². The van der Waals surface area contributed by atoms with E-state index in [2.05, 4.69) is 6.92 Å². The highest BCUT2D eigenvalue weighted by Gasteiger charge is 2.15. The highest BCUT2D eigenvalue weighted by molar-refractivity contribution is 5.85. The molecule has 1 aromatic carbocycles. The van der Waals surface area contributed by atoms with Crippen molar-refractivity contribution < 1.29 is 8.78 Å². The predicted octanol–water partition coefficient (Wildman–Crippen LogP) is 3.97. The topological polar surface area (TPSA) is 26.0 Å². The summed E-state index contributed by atoms with van der Waals surface area (Å²) in [6.07, 6.45) is 3.66. The van der Waals surface area contributed by atoms with E-state index in [1.165, 1.54) is 18.2 Å². The Bertz CT molecular complexity index is 298. The molecule has 0 radical (unpaired) electrons. The van der Waals surface area contributed by atoms with Gasteiger partial charge in [-0.2, -0.15) is 0 Å². The third kappa shape index (κ3) is 4.06. The Labute approximate surface area is 101 Å². The van der Waals surface area contributed by atoms with E-state index in [0.717, 1.165) is 19.3 Å². The maximum absolute atomic E-state index is 13.3. The van der Waals surface area contributed by atoms with Crippen LogP contribution in [0.3, 0.4) is 0 Å². The lowest BCUT2D eigenvalue weighted by molar-refractivity contribution is 0.498. The standard InChI is InChI=1S/C12H17F2N.ClH/c1-2-3-4-8-11(15)12-9(13)6-5-7-10(12)14;/h5-7,11H,2-4,8,15H2,1H3;1H/t11-;/m0./s1. The van der Waals surface area contributed by atoms with E-state index in [1.54, 1.807) is 0 Å². The van der Waals surface area contributed by atoms with E-state index in [-0.39, 0.29) is 18.0 Å². The van der Waals surface area contributed by atoms with Gasteiger partial charge in [-0.1, -0.05) is 32.3 Å². The van der Waals surface area contributed by atoms with E-state index in [1.807, 2.05) is 0 Å². The number of rotatable bonds is 5. The fraction of sp³-hybridized carbons (Fsp3) is 0.500. The molecule has 4 heteroatoms. The van der Waals surface area contributed by atoms with Gasteiger partial charge < -0.3 is 5.73 Å². The third-order valence-electron chi connectivity index (χ3n) is 2.49. The highest BCUT2D eigenvalue weighted by atomic mass is 35.5. The zero-order valence-electron chi connectivity index (χ0n) is 9.38. The second-order valence-electron chi connectivity index (χ2n) is 3.74. The summed E-state index contributed by atoms with van der Waals surface area (Å²) < 4.78 is 26.6. The fourth-order valence-corrected chi connectivity index (χ4v) is 1.62. The van der Waals surface area contributed by atoms with Crippen molar-refractivity contribution in [2.45, 2.75) is 38.6 Å². The van der Waals surface area contributed by atoms with E-state index in [4.69, 9.17) is 5.73 Å². The molecule has 16 heavy (non-hydrogen) atoms. The molecule has 1 atom stereocenters. The maximum atomic E-state index is 13.3. The lowest BCUT2D eigenvalue weighted by Crippen LogP contribution is -2.14. The summed E-state index contributed by atoms with van der Waals surface area (Å²) >= 11 is 0. The summed E-state index contributed by atoms with van der Waals surface area (Å²) in [7, 11) is 0. The van der Waals surface area contributed by atoms with E-state index < -0.39 is 17.7 Å². The molecule has 0 aromatic heterocycles. The average molecular weight is 250 g/mol. The quantitative estimate of drug-likeness (QED) is 0.786. The second-order valence-corrected chi connectivity index (χ2v) is 3.74. The lowest BCUT2D eigenvalue weighted by atomic mass is 10.0. The molecule has 0 aliphatic rings. The van der Waals surface area contributed by atoms with Crippen molar-refractivity contribution in [2.24, 2.45) is 5.73 Å². The van der Waals surface area contributed by atoms with Crippen LogP contribution in [0.15, 0.2) is 18.2 Å². The average Bonchev–Trinajstić information content (AvgIpc) is 2.18. The van der Waals surface area contributed by atoms with Crippen LogP contribution in [0.5, 0.6) is 0 Å². The van der Waals surface area contributed by atoms with Crippen LogP contribution in [0.25, 0.3) is 0 Å². The Hall–Kier alpha value is -0.670. The van der Waals surface area contributed by atoms with Gasteiger partial charge in [0.1, 0.15) is 11.6 Å². The van der Waals surface area contributed by atoms with Crippen molar-refractivity contribution in [3.05, 3.63) is 35.4 Å². The van der Waals surface area contributed by atoms with Crippen molar-refractivity contribution >= 4 is 12.4 Å². The Balaban J connectivity index is 0.00000225. The number of benzene rings is 1. The maximum Gasteiger partial charge on any atom is 0.130 e. The molecule has 0 aliphatic heterocycles. The number of nitrogens with two attached hydrogens (primary N) is 1. The molecule has 0 saturated heterocycles. The number of unbranched alkanes of at least 4 members (excludes halogenated alkanes) is 2. The third-order valence-corrected chi connectivity index (χ3v) is 2.49. The normalized spacial score (nSPS) is 12.0. The Kier molecular flexibility index (Phi) is 7.26. The largest absolute Gasteiger partial charge is 0.324 e. The summed E-state index contributed by atoms with van der Waals surface area (Å²) in [5, 5.41) is 0. The lowest BCUT2D eigenvalue weighted by Gasteiger charge is -2.13. The van der Waals surface area contributed by atoms with Crippen LogP contribution in [0.4, 0.5) is 8.78 Å². The van der Waals surface area contributed by atoms with Crippen molar-refractivity contribution in [3.8, 4) is 0 Å². The van der Waals surface area contributed by atoms with E-state index in [9.17, 15) is 8.78 Å².